The van der Waals surface area contributed by atoms with E-state index in [1.54, 1.807) is 12.1 Å². The molecule has 0 spiro atoms. The third-order valence-electron chi connectivity index (χ3n) is 3.66. The third-order valence-corrected chi connectivity index (χ3v) is 3.90. The highest BCUT2D eigenvalue weighted by Crippen LogP contribution is 2.44. The molecule has 2 fully saturated rings. The first-order valence-corrected chi connectivity index (χ1v) is 6.11. The lowest BCUT2D eigenvalue weighted by Crippen LogP contribution is -2.23. The number of anilines is 1. The zero-order valence-corrected chi connectivity index (χ0v) is 10.00. The lowest BCUT2D eigenvalue weighted by Gasteiger charge is -2.12. The average molecular weight is 252 g/mol. The van der Waals surface area contributed by atoms with Crippen LogP contribution < -0.4 is 16.4 Å². The summed E-state index contributed by atoms with van der Waals surface area (Å²) >= 11 is 5.86. The van der Waals surface area contributed by atoms with Crippen LogP contribution in [0.1, 0.15) is 10.4 Å². The first-order chi connectivity index (χ1) is 8.16. The van der Waals surface area contributed by atoms with Gasteiger partial charge in [0.15, 0.2) is 0 Å². The van der Waals surface area contributed by atoms with E-state index in [9.17, 15) is 4.79 Å². The molecular weight excluding hydrogens is 238 g/mol. The number of halogens is 1. The van der Waals surface area contributed by atoms with Crippen molar-refractivity contribution >= 4 is 23.2 Å². The molecule has 0 aromatic heterocycles. The zero-order valence-electron chi connectivity index (χ0n) is 9.24. The van der Waals surface area contributed by atoms with Gasteiger partial charge in [0.1, 0.15) is 0 Å². The van der Waals surface area contributed by atoms with Crippen molar-refractivity contribution in [3.63, 3.8) is 0 Å². The van der Waals surface area contributed by atoms with Gasteiger partial charge in [0.05, 0.1) is 5.56 Å². The van der Waals surface area contributed by atoms with Gasteiger partial charge in [-0.2, -0.15) is 0 Å². The van der Waals surface area contributed by atoms with E-state index in [2.05, 4.69) is 10.6 Å². The fourth-order valence-electron chi connectivity index (χ4n) is 2.66. The zero-order chi connectivity index (χ0) is 12.0. The Kier molecular flexibility index (Phi) is 2.49. The average Bonchev–Trinajstić information content (AvgIpc) is 2.75. The van der Waals surface area contributed by atoms with E-state index >= 15 is 0 Å². The van der Waals surface area contributed by atoms with E-state index in [1.165, 1.54) is 0 Å². The van der Waals surface area contributed by atoms with Crippen LogP contribution in [0.4, 0.5) is 5.69 Å². The standard InChI is InChI=1S/C12H14ClN3O/c13-6-1-2-10(7(3-6)12(14)17)16-11-8-4-15-5-9(8)11/h1-3,8-9,11,15-16H,4-5H2,(H2,14,17). The Hall–Kier alpha value is -1.26. The SMILES string of the molecule is NC(=O)c1cc(Cl)ccc1NC1C2CNCC21. The third kappa shape index (κ3) is 1.87. The molecule has 1 aromatic carbocycles. The van der Waals surface area contributed by atoms with Crippen LogP contribution in [-0.4, -0.2) is 25.0 Å². The van der Waals surface area contributed by atoms with Crippen molar-refractivity contribution in [2.75, 3.05) is 18.4 Å². The minimum Gasteiger partial charge on any atom is -0.381 e. The first kappa shape index (κ1) is 10.9. The van der Waals surface area contributed by atoms with Crippen LogP contribution in [0, 0.1) is 11.8 Å². The molecule has 5 heteroatoms. The van der Waals surface area contributed by atoms with Crippen molar-refractivity contribution in [2.24, 2.45) is 17.6 Å². The van der Waals surface area contributed by atoms with Crippen LogP contribution in [0.5, 0.6) is 0 Å². The number of carbonyl (C=O) groups excluding carboxylic acids is 1. The maximum absolute atomic E-state index is 11.3. The van der Waals surface area contributed by atoms with Crippen molar-refractivity contribution in [3.8, 4) is 0 Å². The number of amides is 1. The van der Waals surface area contributed by atoms with E-state index in [4.69, 9.17) is 17.3 Å². The van der Waals surface area contributed by atoms with Gasteiger partial charge in [-0.1, -0.05) is 11.6 Å². The molecule has 2 unspecified atom stereocenters. The van der Waals surface area contributed by atoms with E-state index in [1.807, 2.05) is 6.07 Å². The van der Waals surface area contributed by atoms with Gasteiger partial charge in [-0.05, 0) is 30.0 Å². The number of hydrogen-bond acceptors (Lipinski definition) is 3. The highest BCUT2D eigenvalue weighted by atomic mass is 35.5. The highest BCUT2D eigenvalue weighted by Gasteiger charge is 2.53. The fourth-order valence-corrected chi connectivity index (χ4v) is 2.83. The summed E-state index contributed by atoms with van der Waals surface area (Å²) in [5.74, 6) is 0.928. The summed E-state index contributed by atoms with van der Waals surface area (Å²) in [6.07, 6.45) is 0. The minimum absolute atomic E-state index is 0.445. The van der Waals surface area contributed by atoms with Crippen molar-refractivity contribution in [3.05, 3.63) is 28.8 Å². The molecule has 1 aliphatic carbocycles. The van der Waals surface area contributed by atoms with E-state index < -0.39 is 5.91 Å². The number of hydrogen-bond donors (Lipinski definition) is 3. The first-order valence-electron chi connectivity index (χ1n) is 5.73. The number of carbonyl (C=O) groups is 1. The van der Waals surface area contributed by atoms with Gasteiger partial charge < -0.3 is 16.4 Å². The molecule has 1 amide bonds. The highest BCUT2D eigenvalue weighted by molar-refractivity contribution is 6.31. The van der Waals surface area contributed by atoms with Crippen LogP contribution in [0.2, 0.25) is 5.02 Å². The van der Waals surface area contributed by atoms with Crippen LogP contribution in [0.25, 0.3) is 0 Å². The van der Waals surface area contributed by atoms with E-state index in [0.29, 0.717) is 28.5 Å². The molecule has 90 valence electrons. The summed E-state index contributed by atoms with van der Waals surface area (Å²) < 4.78 is 0. The van der Waals surface area contributed by atoms with Gasteiger partial charge in [-0.15, -0.1) is 0 Å². The Labute approximate surface area is 105 Å². The number of benzene rings is 1. The Morgan fingerprint density at radius 1 is 1.41 bits per heavy atom. The number of fused-ring (bicyclic) bond motifs is 1. The second kappa shape index (κ2) is 3.89. The predicted molar refractivity (Wildman–Crippen MR) is 67.2 cm³/mol. The number of rotatable bonds is 3. The minimum atomic E-state index is -0.445. The quantitative estimate of drug-likeness (QED) is 0.753. The van der Waals surface area contributed by atoms with Gasteiger partial charge in [-0.3, -0.25) is 4.79 Å². The van der Waals surface area contributed by atoms with Gasteiger partial charge in [0.2, 0.25) is 0 Å². The van der Waals surface area contributed by atoms with Crippen molar-refractivity contribution in [2.45, 2.75) is 6.04 Å². The number of nitrogens with one attached hydrogen (secondary N) is 2. The maximum atomic E-state index is 11.3. The summed E-state index contributed by atoms with van der Waals surface area (Å²) in [5.41, 5.74) is 6.61. The topological polar surface area (TPSA) is 67.2 Å². The molecule has 17 heavy (non-hydrogen) atoms. The molecule has 1 heterocycles. The largest absolute Gasteiger partial charge is 0.381 e. The van der Waals surface area contributed by atoms with Gasteiger partial charge in [0.25, 0.3) is 5.91 Å². The second-order valence-electron chi connectivity index (χ2n) is 4.71. The number of nitrogens with two attached hydrogens (primary N) is 1. The molecule has 2 aliphatic rings. The van der Waals surface area contributed by atoms with Gasteiger partial charge in [0, 0.05) is 29.8 Å². The van der Waals surface area contributed by atoms with Crippen LogP contribution >= 0.6 is 11.6 Å². The smallest absolute Gasteiger partial charge is 0.250 e. The monoisotopic (exact) mass is 251 g/mol. The van der Waals surface area contributed by atoms with E-state index in [0.717, 1.165) is 18.8 Å². The lowest BCUT2D eigenvalue weighted by molar-refractivity contribution is 0.100. The summed E-state index contributed by atoms with van der Waals surface area (Å²) in [4.78, 5) is 11.3. The Bertz CT molecular complexity index is 467. The van der Waals surface area contributed by atoms with Crippen LogP contribution in [0.3, 0.4) is 0 Å². The second-order valence-corrected chi connectivity index (χ2v) is 5.15. The van der Waals surface area contributed by atoms with Crippen LogP contribution in [0.15, 0.2) is 18.2 Å². The predicted octanol–water partition coefficient (Wildman–Crippen LogP) is 1.07. The molecular formula is C12H14ClN3O. The summed E-state index contributed by atoms with van der Waals surface area (Å²) in [5, 5.41) is 7.26. The molecule has 1 saturated heterocycles. The van der Waals surface area contributed by atoms with Crippen LogP contribution in [-0.2, 0) is 0 Å². The van der Waals surface area contributed by atoms with Crippen molar-refractivity contribution < 1.29 is 4.79 Å². The Balaban J connectivity index is 1.81. The molecule has 4 N–H and O–H groups in total. The van der Waals surface area contributed by atoms with Gasteiger partial charge >= 0.3 is 0 Å². The van der Waals surface area contributed by atoms with E-state index in [-0.39, 0.29) is 0 Å². The molecule has 1 aliphatic heterocycles. The Morgan fingerprint density at radius 2 is 2.12 bits per heavy atom. The molecule has 1 aromatic rings. The number of piperidine rings is 1. The maximum Gasteiger partial charge on any atom is 0.250 e. The number of primary amides is 1. The normalized spacial score (nSPS) is 29.8. The molecule has 1 saturated carbocycles. The molecule has 2 atom stereocenters. The molecule has 4 nitrogen and oxygen atoms in total. The van der Waals surface area contributed by atoms with Crippen molar-refractivity contribution in [1.82, 2.24) is 5.32 Å². The summed E-state index contributed by atoms with van der Waals surface area (Å²) in [7, 11) is 0. The van der Waals surface area contributed by atoms with Crippen molar-refractivity contribution in [1.29, 1.82) is 0 Å². The Morgan fingerprint density at radius 3 is 2.76 bits per heavy atom. The molecule has 0 radical (unpaired) electrons. The molecule has 0 bridgehead atoms. The van der Waals surface area contributed by atoms with Gasteiger partial charge in [-0.25, -0.2) is 0 Å². The lowest BCUT2D eigenvalue weighted by atomic mass is 10.1. The summed E-state index contributed by atoms with van der Waals surface area (Å²) in [6, 6.07) is 5.68. The fraction of sp³-hybridized carbons (Fsp3) is 0.417. The summed E-state index contributed by atoms with van der Waals surface area (Å²) in [6.45, 7) is 2.11. The molecule has 3 rings (SSSR count).